The summed E-state index contributed by atoms with van der Waals surface area (Å²) in [5, 5.41) is 21.5. The first-order valence-electron chi connectivity index (χ1n) is 15.1. The van der Waals surface area contributed by atoms with Crippen LogP contribution in [-0.2, 0) is 30.7 Å². The molecular formula is C31H35ClF6N6O2. The minimum atomic E-state index is -4.64. The van der Waals surface area contributed by atoms with Crippen molar-refractivity contribution in [3.63, 3.8) is 0 Å². The third-order valence-corrected chi connectivity index (χ3v) is 9.18. The zero-order valence-corrected chi connectivity index (χ0v) is 26.1. The van der Waals surface area contributed by atoms with Gasteiger partial charge in [-0.25, -0.2) is 0 Å². The van der Waals surface area contributed by atoms with Gasteiger partial charge in [0.05, 0.1) is 24.2 Å². The van der Waals surface area contributed by atoms with Crippen molar-refractivity contribution in [3.8, 4) is 0 Å². The number of carbonyl (C=O) groups is 1. The lowest BCUT2D eigenvalue weighted by molar-refractivity contribution is -0.139. The smallest absolute Gasteiger partial charge is 0.416 e. The van der Waals surface area contributed by atoms with Gasteiger partial charge in [0.2, 0.25) is 0 Å². The lowest BCUT2D eigenvalue weighted by Gasteiger charge is -2.35. The second kappa shape index (κ2) is 13.3. The van der Waals surface area contributed by atoms with E-state index < -0.39 is 35.5 Å². The van der Waals surface area contributed by atoms with Crippen LogP contribution in [0.15, 0.2) is 30.3 Å². The van der Waals surface area contributed by atoms with Crippen molar-refractivity contribution in [1.82, 2.24) is 20.2 Å². The number of aliphatic carboxylic acids is 1. The van der Waals surface area contributed by atoms with Gasteiger partial charge in [0.25, 0.3) is 5.95 Å². The van der Waals surface area contributed by atoms with Crippen LogP contribution >= 0.6 is 11.6 Å². The van der Waals surface area contributed by atoms with Gasteiger partial charge in [-0.15, -0.1) is 5.10 Å². The number of rotatable bonds is 8. The first-order chi connectivity index (χ1) is 21.6. The van der Waals surface area contributed by atoms with Crippen LogP contribution in [0.25, 0.3) is 0 Å². The number of aryl methyl sites for hydroxylation is 2. The molecule has 1 unspecified atom stereocenters. The highest BCUT2D eigenvalue weighted by Crippen LogP contribution is 2.44. The Morgan fingerprint density at radius 2 is 1.70 bits per heavy atom. The molecule has 1 fully saturated rings. The molecule has 15 heteroatoms. The molecule has 1 aromatic heterocycles. The zero-order valence-electron chi connectivity index (χ0n) is 25.4. The van der Waals surface area contributed by atoms with Gasteiger partial charge in [0.1, 0.15) is 0 Å². The van der Waals surface area contributed by atoms with Gasteiger partial charge in [-0.3, -0.25) is 4.79 Å². The van der Waals surface area contributed by atoms with E-state index in [4.69, 9.17) is 11.6 Å². The van der Waals surface area contributed by atoms with Crippen LogP contribution in [0, 0.1) is 18.8 Å². The molecule has 3 aromatic rings. The summed E-state index contributed by atoms with van der Waals surface area (Å²) in [4.78, 5) is 16.1. The molecule has 0 bridgehead atoms. The fraction of sp³-hybridized carbons (Fsp3) is 0.548. The zero-order chi connectivity index (χ0) is 33.4. The van der Waals surface area contributed by atoms with Crippen LogP contribution in [0.1, 0.15) is 78.8 Å². The Bertz CT molecular complexity index is 1550. The molecular weight excluding hydrogens is 638 g/mol. The predicted molar refractivity (Wildman–Crippen MR) is 160 cm³/mol. The molecule has 250 valence electrons. The Morgan fingerprint density at radius 3 is 2.30 bits per heavy atom. The number of carboxylic acids is 1. The maximum absolute atomic E-state index is 14.2. The molecule has 2 aromatic carbocycles. The van der Waals surface area contributed by atoms with Crippen molar-refractivity contribution < 1.29 is 36.2 Å². The summed E-state index contributed by atoms with van der Waals surface area (Å²) in [6, 6.07) is 5.37. The van der Waals surface area contributed by atoms with Gasteiger partial charge in [-0.1, -0.05) is 22.8 Å². The Kier molecular flexibility index (Phi) is 9.76. The third kappa shape index (κ3) is 7.87. The number of benzene rings is 2. The average molecular weight is 673 g/mol. The Hall–Kier alpha value is -3.55. The van der Waals surface area contributed by atoms with Gasteiger partial charge in [-0.2, -0.15) is 31.1 Å². The van der Waals surface area contributed by atoms with E-state index in [9.17, 15) is 36.2 Å². The van der Waals surface area contributed by atoms with Crippen LogP contribution < -0.4 is 9.80 Å². The van der Waals surface area contributed by atoms with Gasteiger partial charge in [-0.05, 0) is 103 Å². The number of halogens is 7. The number of anilines is 2. The van der Waals surface area contributed by atoms with E-state index in [1.807, 2.05) is 4.90 Å². The molecule has 1 atom stereocenters. The van der Waals surface area contributed by atoms with Gasteiger partial charge >= 0.3 is 18.3 Å². The number of hydrogen-bond donors (Lipinski definition) is 1. The van der Waals surface area contributed by atoms with Crippen LogP contribution in [0.2, 0.25) is 5.02 Å². The highest BCUT2D eigenvalue weighted by molar-refractivity contribution is 6.30. The van der Waals surface area contributed by atoms with Gasteiger partial charge in [0, 0.05) is 36.8 Å². The largest absolute Gasteiger partial charge is 0.481 e. The second-order valence-electron chi connectivity index (χ2n) is 12.4. The lowest BCUT2D eigenvalue weighted by atomic mass is 9.80. The minimum absolute atomic E-state index is 0.0291. The number of tetrazole rings is 1. The SMILES string of the molecule is Cc1cc2c(cc1C(F)(F)F)N(CC1CCC(CC(=O)O)CC1)CCCC2N(Cc1cc(Cl)cc(C(F)(F)F)c1)c1nnn(C)n1. The van der Waals surface area contributed by atoms with Gasteiger partial charge < -0.3 is 14.9 Å². The quantitative estimate of drug-likeness (QED) is 0.244. The highest BCUT2D eigenvalue weighted by Gasteiger charge is 2.38. The molecule has 1 aliphatic heterocycles. The van der Waals surface area contributed by atoms with E-state index >= 15 is 0 Å². The number of nitrogens with zero attached hydrogens (tertiary/aromatic N) is 6. The first-order valence-corrected chi connectivity index (χ1v) is 15.5. The average Bonchev–Trinajstić information content (AvgIpc) is 3.31. The van der Waals surface area contributed by atoms with Crippen LogP contribution in [0.4, 0.5) is 38.0 Å². The summed E-state index contributed by atoms with van der Waals surface area (Å²) < 4.78 is 83.7. The van der Waals surface area contributed by atoms with Crippen molar-refractivity contribution in [2.45, 2.75) is 76.8 Å². The second-order valence-corrected chi connectivity index (χ2v) is 12.8. The van der Waals surface area contributed by atoms with Crippen LogP contribution in [0.3, 0.4) is 0 Å². The van der Waals surface area contributed by atoms with E-state index in [0.29, 0.717) is 37.2 Å². The molecule has 2 aliphatic rings. The number of carboxylic acid groups (broad SMARTS) is 1. The molecule has 1 saturated carbocycles. The Labute approximate surface area is 267 Å². The maximum atomic E-state index is 14.2. The van der Waals surface area contributed by atoms with E-state index in [0.717, 1.165) is 37.8 Å². The molecule has 0 amide bonds. The van der Waals surface area contributed by atoms with Gasteiger partial charge in [0.15, 0.2) is 0 Å². The van der Waals surface area contributed by atoms with E-state index in [1.165, 1.54) is 29.9 Å². The highest BCUT2D eigenvalue weighted by atomic mass is 35.5. The summed E-state index contributed by atoms with van der Waals surface area (Å²) in [5.41, 5.74) is -0.413. The number of aromatic nitrogens is 4. The molecule has 0 spiro atoms. The van der Waals surface area contributed by atoms with E-state index in [2.05, 4.69) is 15.4 Å². The predicted octanol–water partition coefficient (Wildman–Crippen LogP) is 7.84. The van der Waals surface area contributed by atoms with Crippen molar-refractivity contribution in [2.75, 3.05) is 22.9 Å². The topological polar surface area (TPSA) is 87.4 Å². The summed E-state index contributed by atoms with van der Waals surface area (Å²) >= 11 is 6.10. The lowest BCUT2D eigenvalue weighted by Crippen LogP contribution is -2.33. The summed E-state index contributed by atoms with van der Waals surface area (Å²) in [7, 11) is 1.55. The standard InChI is InChI=1S/C31H35ClF6N6O2/c1-18-10-24-26(44(29-39-41-42(2)40-29)17-21-11-22(30(33,34)35)14-23(32)12-21)4-3-9-43(27(24)15-25(18)31(36,37)38)16-20-7-5-19(6-8-20)13-28(45)46/h10-12,14-15,19-20,26H,3-9,13,16-17H2,1-2H3,(H,45,46). The van der Waals surface area contributed by atoms with Crippen molar-refractivity contribution in [2.24, 2.45) is 18.9 Å². The normalized spacial score (nSPS) is 20.7. The van der Waals surface area contributed by atoms with E-state index in [-0.39, 0.29) is 46.9 Å². The number of fused-ring (bicyclic) bond motifs is 1. The van der Waals surface area contributed by atoms with Crippen LogP contribution in [-0.4, -0.2) is 44.4 Å². The first kappa shape index (κ1) is 33.8. The minimum Gasteiger partial charge on any atom is -0.481 e. The molecule has 1 aliphatic carbocycles. The van der Waals surface area contributed by atoms with E-state index in [1.54, 1.807) is 11.9 Å². The molecule has 5 rings (SSSR count). The third-order valence-electron chi connectivity index (χ3n) is 8.96. The maximum Gasteiger partial charge on any atom is 0.416 e. The fourth-order valence-electron chi connectivity index (χ4n) is 6.82. The Balaban J connectivity index is 1.55. The molecule has 0 radical (unpaired) electrons. The van der Waals surface area contributed by atoms with Crippen molar-refractivity contribution >= 4 is 29.2 Å². The molecule has 46 heavy (non-hydrogen) atoms. The number of hydrogen-bond acceptors (Lipinski definition) is 6. The summed E-state index contributed by atoms with van der Waals surface area (Å²) in [6.07, 6.45) is -5.04. The van der Waals surface area contributed by atoms with Crippen molar-refractivity contribution in [1.29, 1.82) is 0 Å². The molecule has 8 nitrogen and oxygen atoms in total. The van der Waals surface area contributed by atoms with Crippen molar-refractivity contribution in [3.05, 3.63) is 63.2 Å². The molecule has 2 heterocycles. The Morgan fingerprint density at radius 1 is 1.00 bits per heavy atom. The summed E-state index contributed by atoms with van der Waals surface area (Å²) in [6.45, 7) is 2.27. The molecule has 1 N–H and O–H groups in total. The fourth-order valence-corrected chi connectivity index (χ4v) is 7.08. The number of alkyl halides is 6. The van der Waals surface area contributed by atoms with Crippen LogP contribution in [0.5, 0.6) is 0 Å². The summed E-state index contributed by atoms with van der Waals surface area (Å²) in [5.74, 6) is -0.447. The molecule has 0 saturated heterocycles. The monoisotopic (exact) mass is 672 g/mol.